The molecule has 0 saturated heterocycles. The molecule has 2 rings (SSSR count). The predicted octanol–water partition coefficient (Wildman–Crippen LogP) is 2.75. The quantitative estimate of drug-likeness (QED) is 0.837. The Morgan fingerprint density at radius 1 is 1.50 bits per heavy atom. The lowest BCUT2D eigenvalue weighted by atomic mass is 9.93. The van der Waals surface area contributed by atoms with Gasteiger partial charge in [-0.25, -0.2) is 4.79 Å². The number of hydrogen-bond acceptors (Lipinski definition) is 4. The zero-order valence-corrected chi connectivity index (χ0v) is 11.0. The molecule has 0 saturated carbocycles. The second-order valence-electron chi connectivity index (χ2n) is 4.49. The van der Waals surface area contributed by atoms with E-state index in [1.165, 1.54) is 7.11 Å². The van der Waals surface area contributed by atoms with Crippen LogP contribution in [0, 0.1) is 0 Å². The lowest BCUT2D eigenvalue weighted by Crippen LogP contribution is -2.28. The summed E-state index contributed by atoms with van der Waals surface area (Å²) in [5.41, 5.74) is 2.46. The molecule has 0 fully saturated rings. The number of methoxy groups -OCH3 is 1. The minimum atomic E-state index is -0.316. The largest absolute Gasteiger partial charge is 0.465 e. The molecule has 2 atom stereocenters. The molecule has 0 aromatic heterocycles. The Labute approximate surface area is 107 Å². The van der Waals surface area contributed by atoms with Gasteiger partial charge in [0.15, 0.2) is 0 Å². The molecule has 1 aliphatic heterocycles. The van der Waals surface area contributed by atoms with Gasteiger partial charge >= 0.3 is 5.97 Å². The van der Waals surface area contributed by atoms with Crippen molar-refractivity contribution in [2.45, 2.75) is 32.4 Å². The van der Waals surface area contributed by atoms with Crippen LogP contribution in [-0.2, 0) is 9.47 Å². The van der Waals surface area contributed by atoms with Gasteiger partial charge in [-0.3, -0.25) is 0 Å². The van der Waals surface area contributed by atoms with Gasteiger partial charge < -0.3 is 14.8 Å². The van der Waals surface area contributed by atoms with Crippen molar-refractivity contribution in [3.05, 3.63) is 29.3 Å². The van der Waals surface area contributed by atoms with Gasteiger partial charge in [-0.05, 0) is 26.3 Å². The van der Waals surface area contributed by atoms with Crippen LogP contribution in [0.4, 0.5) is 5.69 Å². The summed E-state index contributed by atoms with van der Waals surface area (Å²) in [4.78, 5) is 11.8. The van der Waals surface area contributed by atoms with E-state index in [2.05, 4.69) is 12.2 Å². The topological polar surface area (TPSA) is 47.6 Å². The van der Waals surface area contributed by atoms with Crippen LogP contribution in [0.3, 0.4) is 0 Å². The summed E-state index contributed by atoms with van der Waals surface area (Å²) >= 11 is 0. The molecule has 0 aliphatic carbocycles. The molecule has 1 aromatic rings. The van der Waals surface area contributed by atoms with E-state index in [9.17, 15) is 4.79 Å². The van der Waals surface area contributed by atoms with Gasteiger partial charge in [0.05, 0.1) is 24.5 Å². The fourth-order valence-electron chi connectivity index (χ4n) is 2.39. The smallest absolute Gasteiger partial charge is 0.339 e. The number of fused-ring (bicyclic) bond motifs is 1. The third kappa shape index (κ3) is 2.34. The maximum absolute atomic E-state index is 11.8. The lowest BCUT2D eigenvalue weighted by molar-refractivity contribution is 0.0506. The van der Waals surface area contributed by atoms with Gasteiger partial charge in [-0.15, -0.1) is 0 Å². The highest BCUT2D eigenvalue weighted by molar-refractivity contribution is 5.96. The standard InChI is InChI=1S/C14H19NO3/c1-4-18-12-8-9(2)15-13-10(12)6-5-7-11(13)14(16)17-3/h5-7,9,12,15H,4,8H2,1-3H3/t9-,12-/m1/s1. The maximum atomic E-state index is 11.8. The van der Waals surface area contributed by atoms with E-state index in [-0.39, 0.29) is 18.1 Å². The molecule has 0 unspecified atom stereocenters. The third-order valence-corrected chi connectivity index (χ3v) is 3.18. The molecular weight excluding hydrogens is 230 g/mol. The fourth-order valence-corrected chi connectivity index (χ4v) is 2.39. The number of esters is 1. The summed E-state index contributed by atoms with van der Waals surface area (Å²) in [5.74, 6) is -0.316. The number of hydrogen-bond donors (Lipinski definition) is 1. The Kier molecular flexibility index (Phi) is 3.87. The number of carbonyl (C=O) groups excluding carboxylic acids is 1. The van der Waals surface area contributed by atoms with Crippen LogP contribution in [0.5, 0.6) is 0 Å². The first kappa shape index (κ1) is 12.9. The number of rotatable bonds is 3. The predicted molar refractivity (Wildman–Crippen MR) is 69.9 cm³/mol. The minimum Gasteiger partial charge on any atom is -0.465 e. The molecule has 1 heterocycles. The van der Waals surface area contributed by atoms with Crippen LogP contribution < -0.4 is 5.32 Å². The second-order valence-corrected chi connectivity index (χ2v) is 4.49. The highest BCUT2D eigenvalue weighted by Crippen LogP contribution is 2.37. The number of carbonyl (C=O) groups is 1. The maximum Gasteiger partial charge on any atom is 0.339 e. The van der Waals surface area contributed by atoms with Gasteiger partial charge in [0.1, 0.15) is 0 Å². The van der Waals surface area contributed by atoms with Gasteiger partial charge in [0.25, 0.3) is 0 Å². The van der Waals surface area contributed by atoms with Crippen LogP contribution in [0.25, 0.3) is 0 Å². The molecule has 0 amide bonds. The van der Waals surface area contributed by atoms with Crippen molar-refractivity contribution < 1.29 is 14.3 Å². The molecule has 4 nitrogen and oxygen atoms in total. The van der Waals surface area contributed by atoms with Crippen LogP contribution in [-0.4, -0.2) is 25.7 Å². The van der Waals surface area contributed by atoms with Crippen LogP contribution in [0.2, 0.25) is 0 Å². The summed E-state index contributed by atoms with van der Waals surface area (Å²) in [6, 6.07) is 5.92. The number of para-hydroxylation sites is 1. The Hall–Kier alpha value is -1.55. The first-order valence-corrected chi connectivity index (χ1v) is 6.26. The van der Waals surface area contributed by atoms with Crippen LogP contribution in [0.15, 0.2) is 18.2 Å². The highest BCUT2D eigenvalue weighted by atomic mass is 16.5. The van der Waals surface area contributed by atoms with E-state index in [0.29, 0.717) is 12.2 Å². The second kappa shape index (κ2) is 5.40. The Balaban J connectivity index is 2.44. The van der Waals surface area contributed by atoms with Gasteiger partial charge in [-0.1, -0.05) is 12.1 Å². The van der Waals surface area contributed by atoms with Crippen molar-refractivity contribution >= 4 is 11.7 Å². The monoisotopic (exact) mass is 249 g/mol. The van der Waals surface area contributed by atoms with E-state index in [1.807, 2.05) is 19.1 Å². The van der Waals surface area contributed by atoms with Crippen molar-refractivity contribution in [3.8, 4) is 0 Å². The molecule has 1 N–H and O–H groups in total. The SMILES string of the molecule is CCO[C@@H]1C[C@@H](C)Nc2c(C(=O)OC)cccc21. The van der Waals surface area contributed by atoms with Crippen molar-refractivity contribution in [1.29, 1.82) is 0 Å². The average Bonchev–Trinajstić information content (AvgIpc) is 2.37. The molecule has 4 heteroatoms. The molecule has 18 heavy (non-hydrogen) atoms. The summed E-state index contributed by atoms with van der Waals surface area (Å²) in [6.45, 7) is 4.73. The normalized spacial score (nSPS) is 21.9. The summed E-state index contributed by atoms with van der Waals surface area (Å²) in [5, 5.41) is 3.35. The summed E-state index contributed by atoms with van der Waals surface area (Å²) in [6.07, 6.45) is 0.955. The first-order chi connectivity index (χ1) is 8.67. The van der Waals surface area contributed by atoms with Gasteiger partial charge in [0, 0.05) is 18.2 Å². The number of nitrogens with one attached hydrogen (secondary N) is 1. The van der Waals surface area contributed by atoms with E-state index in [0.717, 1.165) is 17.7 Å². The Bertz CT molecular complexity index is 445. The summed E-state index contributed by atoms with van der Waals surface area (Å²) in [7, 11) is 1.40. The fraction of sp³-hybridized carbons (Fsp3) is 0.500. The van der Waals surface area contributed by atoms with E-state index >= 15 is 0 Å². The molecule has 1 aromatic carbocycles. The molecule has 0 radical (unpaired) electrons. The number of anilines is 1. The van der Waals surface area contributed by atoms with Crippen LogP contribution >= 0.6 is 0 Å². The molecule has 0 spiro atoms. The van der Waals surface area contributed by atoms with Crippen molar-refractivity contribution in [3.63, 3.8) is 0 Å². The van der Waals surface area contributed by atoms with E-state index < -0.39 is 0 Å². The average molecular weight is 249 g/mol. The van der Waals surface area contributed by atoms with Gasteiger partial charge in [-0.2, -0.15) is 0 Å². The summed E-state index contributed by atoms with van der Waals surface area (Å²) < 4.78 is 10.6. The zero-order valence-electron chi connectivity index (χ0n) is 11.0. The number of benzene rings is 1. The highest BCUT2D eigenvalue weighted by Gasteiger charge is 2.28. The molecule has 98 valence electrons. The van der Waals surface area contributed by atoms with E-state index in [4.69, 9.17) is 9.47 Å². The first-order valence-electron chi connectivity index (χ1n) is 6.26. The lowest BCUT2D eigenvalue weighted by Gasteiger charge is -2.32. The van der Waals surface area contributed by atoms with Gasteiger partial charge in [0.2, 0.25) is 0 Å². The van der Waals surface area contributed by atoms with Crippen molar-refractivity contribution in [2.24, 2.45) is 0 Å². The number of ether oxygens (including phenoxy) is 2. The minimum absolute atomic E-state index is 0.0471. The third-order valence-electron chi connectivity index (χ3n) is 3.18. The molecule has 0 bridgehead atoms. The van der Waals surface area contributed by atoms with Crippen molar-refractivity contribution in [1.82, 2.24) is 0 Å². The zero-order chi connectivity index (χ0) is 13.1. The Morgan fingerprint density at radius 3 is 2.94 bits per heavy atom. The van der Waals surface area contributed by atoms with E-state index in [1.54, 1.807) is 6.07 Å². The van der Waals surface area contributed by atoms with Crippen molar-refractivity contribution in [2.75, 3.05) is 19.0 Å². The molecule has 1 aliphatic rings. The molecular formula is C14H19NO3. The Morgan fingerprint density at radius 2 is 2.28 bits per heavy atom. The van der Waals surface area contributed by atoms with Crippen LogP contribution in [0.1, 0.15) is 42.3 Å².